The minimum atomic E-state index is -1.40. The zero-order valence-corrected chi connectivity index (χ0v) is 18.5. The van der Waals surface area contributed by atoms with Gasteiger partial charge >= 0.3 is 5.97 Å². The molecule has 178 valence electrons. The van der Waals surface area contributed by atoms with Crippen LogP contribution in [0.5, 0.6) is 0 Å². The van der Waals surface area contributed by atoms with Crippen LogP contribution in [0.1, 0.15) is 12.0 Å². The van der Waals surface area contributed by atoms with Crippen molar-refractivity contribution in [3.63, 3.8) is 0 Å². The second-order valence-corrected chi connectivity index (χ2v) is 7.95. The van der Waals surface area contributed by atoms with Crippen LogP contribution in [-0.4, -0.2) is 88.4 Å². The highest BCUT2D eigenvalue weighted by Crippen LogP contribution is 2.06. The zero-order chi connectivity index (χ0) is 24.1. The van der Waals surface area contributed by atoms with Crippen molar-refractivity contribution < 1.29 is 34.5 Å². The number of carbonyl (C=O) groups is 4. The molecular formula is C20H30N4O7S. The number of hydrogen-bond donors (Lipinski definition) is 7. The summed E-state index contributed by atoms with van der Waals surface area (Å²) in [5.41, 5.74) is 6.10. The molecule has 11 nitrogen and oxygen atoms in total. The highest BCUT2D eigenvalue weighted by atomic mass is 32.2. The molecule has 1 aromatic carbocycles. The average Bonchev–Trinajstić information content (AvgIpc) is 2.79. The monoisotopic (exact) mass is 470 g/mol. The topological polar surface area (TPSA) is 191 Å². The largest absolute Gasteiger partial charge is 0.480 e. The van der Waals surface area contributed by atoms with Gasteiger partial charge in [0, 0.05) is 6.42 Å². The third-order valence-electron chi connectivity index (χ3n) is 4.49. The van der Waals surface area contributed by atoms with Crippen LogP contribution < -0.4 is 21.7 Å². The van der Waals surface area contributed by atoms with Crippen molar-refractivity contribution in [3.8, 4) is 0 Å². The molecule has 4 atom stereocenters. The lowest BCUT2D eigenvalue weighted by atomic mass is 10.1. The number of carboxylic acid groups (broad SMARTS) is 1. The fourth-order valence-electron chi connectivity index (χ4n) is 2.65. The second-order valence-electron chi connectivity index (χ2n) is 6.96. The quantitative estimate of drug-likeness (QED) is 0.159. The Morgan fingerprint density at radius 1 is 0.906 bits per heavy atom. The number of benzene rings is 1. The SMILES string of the molecule is CSCCC(NC(=O)C(CO)NC(=O)C(N)CO)C(=O)NC(Cc1ccccc1)C(=O)O. The van der Waals surface area contributed by atoms with Crippen LogP contribution in [-0.2, 0) is 25.6 Å². The lowest BCUT2D eigenvalue weighted by Gasteiger charge is -2.24. The van der Waals surface area contributed by atoms with Gasteiger partial charge in [0.05, 0.1) is 13.2 Å². The molecule has 0 saturated heterocycles. The first kappa shape index (κ1) is 27.4. The number of amides is 3. The molecule has 1 aromatic rings. The van der Waals surface area contributed by atoms with Gasteiger partial charge in [0.15, 0.2) is 0 Å². The molecule has 0 saturated carbocycles. The Balaban J connectivity index is 2.87. The van der Waals surface area contributed by atoms with Gasteiger partial charge in [-0.3, -0.25) is 14.4 Å². The highest BCUT2D eigenvalue weighted by Gasteiger charge is 2.29. The van der Waals surface area contributed by atoms with Crippen LogP contribution >= 0.6 is 11.8 Å². The molecule has 1 rings (SSSR count). The first-order valence-corrected chi connectivity index (χ1v) is 11.3. The standard InChI is InChI=1S/C20H30N4O7S/c1-32-8-7-14(22-19(29)16(11-26)24-17(27)13(21)10-25)18(28)23-15(20(30)31)9-12-5-3-2-4-6-12/h2-6,13-16,25-26H,7-11,21H2,1H3,(H,22,29)(H,23,28)(H,24,27)(H,30,31). The zero-order valence-electron chi connectivity index (χ0n) is 17.7. The maximum atomic E-state index is 12.8. The van der Waals surface area contributed by atoms with E-state index in [9.17, 15) is 29.4 Å². The van der Waals surface area contributed by atoms with Crippen LogP contribution in [0.25, 0.3) is 0 Å². The molecule has 12 heteroatoms. The summed E-state index contributed by atoms with van der Waals surface area (Å²) in [5, 5.41) is 34.9. The first-order valence-electron chi connectivity index (χ1n) is 9.87. The van der Waals surface area contributed by atoms with Crippen molar-refractivity contribution >= 4 is 35.5 Å². The Morgan fingerprint density at radius 3 is 2.00 bits per heavy atom. The Morgan fingerprint density at radius 2 is 1.47 bits per heavy atom. The molecule has 0 aromatic heterocycles. The number of nitrogens with one attached hydrogen (secondary N) is 3. The van der Waals surface area contributed by atoms with Crippen molar-refractivity contribution in [2.45, 2.75) is 37.0 Å². The van der Waals surface area contributed by atoms with Gasteiger partial charge in [-0.1, -0.05) is 30.3 Å². The summed E-state index contributed by atoms with van der Waals surface area (Å²) in [7, 11) is 0. The molecule has 0 spiro atoms. The van der Waals surface area contributed by atoms with Crippen molar-refractivity contribution in [1.82, 2.24) is 16.0 Å². The van der Waals surface area contributed by atoms with E-state index in [1.165, 1.54) is 11.8 Å². The maximum Gasteiger partial charge on any atom is 0.326 e. The van der Waals surface area contributed by atoms with E-state index in [1.807, 2.05) is 0 Å². The number of aliphatic carboxylic acids is 1. The summed E-state index contributed by atoms with van der Waals surface area (Å²) in [6.07, 6.45) is 2.05. The molecule has 8 N–H and O–H groups in total. The van der Waals surface area contributed by atoms with Crippen LogP contribution in [0.2, 0.25) is 0 Å². The summed E-state index contributed by atoms with van der Waals surface area (Å²) in [6, 6.07) is 3.79. The lowest BCUT2D eigenvalue weighted by Crippen LogP contribution is -2.58. The third kappa shape index (κ3) is 9.22. The number of carboxylic acids is 1. The summed E-state index contributed by atoms with van der Waals surface area (Å²) < 4.78 is 0. The fourth-order valence-corrected chi connectivity index (χ4v) is 3.13. The summed E-state index contributed by atoms with van der Waals surface area (Å²) >= 11 is 1.42. The number of aliphatic hydroxyl groups excluding tert-OH is 2. The Labute approximate surface area is 190 Å². The van der Waals surface area contributed by atoms with Crippen molar-refractivity contribution in [1.29, 1.82) is 0 Å². The van der Waals surface area contributed by atoms with E-state index < -0.39 is 61.1 Å². The van der Waals surface area contributed by atoms with Gasteiger partial charge in [0.1, 0.15) is 24.2 Å². The molecule has 0 aliphatic rings. The molecule has 0 aliphatic carbocycles. The van der Waals surface area contributed by atoms with Gasteiger partial charge in [0.25, 0.3) is 0 Å². The number of aliphatic hydroxyl groups is 2. The van der Waals surface area contributed by atoms with E-state index in [0.717, 1.165) is 0 Å². The van der Waals surface area contributed by atoms with E-state index in [0.29, 0.717) is 11.3 Å². The Kier molecular flexibility index (Phi) is 12.3. The molecule has 0 aliphatic heterocycles. The van der Waals surface area contributed by atoms with Gasteiger partial charge in [0.2, 0.25) is 17.7 Å². The molecule has 3 amide bonds. The first-order chi connectivity index (χ1) is 15.2. The van der Waals surface area contributed by atoms with Gasteiger partial charge < -0.3 is 37.0 Å². The van der Waals surface area contributed by atoms with Crippen LogP contribution in [0.4, 0.5) is 0 Å². The predicted molar refractivity (Wildman–Crippen MR) is 119 cm³/mol. The summed E-state index contributed by atoms with van der Waals surface area (Å²) in [5.74, 6) is -3.13. The smallest absolute Gasteiger partial charge is 0.326 e. The van der Waals surface area contributed by atoms with Gasteiger partial charge in [-0.15, -0.1) is 0 Å². The van der Waals surface area contributed by atoms with Crippen LogP contribution in [0, 0.1) is 0 Å². The number of rotatable bonds is 14. The molecule has 4 unspecified atom stereocenters. The third-order valence-corrected chi connectivity index (χ3v) is 5.13. The molecule has 0 heterocycles. The van der Waals surface area contributed by atoms with E-state index in [1.54, 1.807) is 36.6 Å². The normalized spacial score (nSPS) is 14.5. The van der Waals surface area contributed by atoms with E-state index >= 15 is 0 Å². The summed E-state index contributed by atoms with van der Waals surface area (Å²) in [6.45, 7) is -1.42. The van der Waals surface area contributed by atoms with Crippen molar-refractivity contribution in [2.24, 2.45) is 5.73 Å². The molecule has 0 fully saturated rings. The minimum Gasteiger partial charge on any atom is -0.480 e. The number of thioether (sulfide) groups is 1. The Hall–Kier alpha value is -2.67. The average molecular weight is 471 g/mol. The summed E-state index contributed by atoms with van der Waals surface area (Å²) in [4.78, 5) is 48.7. The van der Waals surface area contributed by atoms with Crippen LogP contribution in [0.15, 0.2) is 30.3 Å². The molecule has 0 bridgehead atoms. The highest BCUT2D eigenvalue weighted by molar-refractivity contribution is 7.98. The van der Waals surface area contributed by atoms with Crippen LogP contribution in [0.3, 0.4) is 0 Å². The molecule has 0 radical (unpaired) electrons. The lowest BCUT2D eigenvalue weighted by molar-refractivity contribution is -0.142. The second kappa shape index (κ2) is 14.4. The number of carbonyl (C=O) groups excluding carboxylic acids is 3. The Bertz CT molecular complexity index is 766. The number of nitrogens with two attached hydrogens (primary N) is 1. The van der Waals surface area contributed by atoms with Gasteiger partial charge in [-0.25, -0.2) is 4.79 Å². The van der Waals surface area contributed by atoms with Crippen molar-refractivity contribution in [2.75, 3.05) is 25.2 Å². The number of hydrogen-bond acceptors (Lipinski definition) is 8. The van der Waals surface area contributed by atoms with E-state index in [2.05, 4.69) is 16.0 Å². The minimum absolute atomic E-state index is 0.0550. The van der Waals surface area contributed by atoms with E-state index in [-0.39, 0.29) is 12.8 Å². The van der Waals surface area contributed by atoms with Gasteiger partial charge in [-0.05, 0) is 24.0 Å². The van der Waals surface area contributed by atoms with Crippen molar-refractivity contribution in [3.05, 3.63) is 35.9 Å². The van der Waals surface area contributed by atoms with E-state index in [4.69, 9.17) is 10.8 Å². The molecule has 32 heavy (non-hydrogen) atoms. The predicted octanol–water partition coefficient (Wildman–Crippen LogP) is -2.17. The fraction of sp³-hybridized carbons (Fsp3) is 0.500. The molecular weight excluding hydrogens is 440 g/mol. The maximum absolute atomic E-state index is 12.8. The van der Waals surface area contributed by atoms with Gasteiger partial charge in [-0.2, -0.15) is 11.8 Å².